The Balaban J connectivity index is 1.55. The predicted octanol–water partition coefficient (Wildman–Crippen LogP) is 5.71. The van der Waals surface area contributed by atoms with Crippen molar-refractivity contribution in [3.05, 3.63) is 78.4 Å². The zero-order valence-electron chi connectivity index (χ0n) is 18.7. The average molecular weight is 463 g/mol. The molecule has 0 saturated carbocycles. The number of rotatable bonds is 10. The van der Waals surface area contributed by atoms with E-state index in [0.717, 1.165) is 27.3 Å². The molecule has 0 radical (unpaired) electrons. The van der Waals surface area contributed by atoms with Gasteiger partial charge in [0.25, 0.3) is 5.91 Å². The number of nitrogens with zero attached hydrogens (tertiary/aromatic N) is 2. The van der Waals surface area contributed by atoms with E-state index in [0.29, 0.717) is 30.6 Å². The Morgan fingerprint density at radius 2 is 1.48 bits per heavy atom. The van der Waals surface area contributed by atoms with Crippen LogP contribution in [0.15, 0.2) is 72.8 Å². The number of hydrogen-bond acceptors (Lipinski definition) is 6. The molecule has 0 N–H and O–H groups in total. The van der Waals surface area contributed by atoms with E-state index in [1.165, 1.54) is 11.3 Å². The SMILES string of the molecule is CCOc1ccc(OCC(=O)N(Cc2ccccc2)c2nc3ccc(OCC)cc3s2)cc1. The largest absolute Gasteiger partial charge is 0.494 e. The zero-order valence-corrected chi connectivity index (χ0v) is 19.5. The van der Waals surface area contributed by atoms with Gasteiger partial charge in [0, 0.05) is 0 Å². The number of anilines is 1. The summed E-state index contributed by atoms with van der Waals surface area (Å²) in [7, 11) is 0. The second-order valence-corrected chi connectivity index (χ2v) is 8.23. The first-order chi connectivity index (χ1) is 16.2. The Labute approximate surface area is 197 Å². The van der Waals surface area contributed by atoms with Crippen molar-refractivity contribution in [1.29, 1.82) is 0 Å². The molecule has 6 nitrogen and oxygen atoms in total. The molecule has 0 bridgehead atoms. The summed E-state index contributed by atoms with van der Waals surface area (Å²) < 4.78 is 17.8. The van der Waals surface area contributed by atoms with Crippen molar-refractivity contribution in [3.63, 3.8) is 0 Å². The van der Waals surface area contributed by atoms with Gasteiger partial charge in [0.2, 0.25) is 0 Å². The van der Waals surface area contributed by atoms with Crippen molar-refractivity contribution < 1.29 is 19.0 Å². The van der Waals surface area contributed by atoms with Gasteiger partial charge in [-0.2, -0.15) is 0 Å². The van der Waals surface area contributed by atoms with Crippen molar-refractivity contribution >= 4 is 32.6 Å². The topological polar surface area (TPSA) is 60.9 Å². The Hall–Kier alpha value is -3.58. The average Bonchev–Trinajstić information content (AvgIpc) is 3.26. The number of aromatic nitrogens is 1. The number of ether oxygens (including phenoxy) is 3. The van der Waals surface area contributed by atoms with E-state index in [2.05, 4.69) is 0 Å². The van der Waals surface area contributed by atoms with Gasteiger partial charge < -0.3 is 14.2 Å². The van der Waals surface area contributed by atoms with E-state index in [9.17, 15) is 4.79 Å². The molecule has 7 heteroatoms. The van der Waals surface area contributed by atoms with Crippen molar-refractivity contribution in [3.8, 4) is 17.2 Å². The maximum absolute atomic E-state index is 13.3. The van der Waals surface area contributed by atoms with Gasteiger partial charge in [-0.15, -0.1) is 0 Å². The van der Waals surface area contributed by atoms with Crippen molar-refractivity contribution in [2.24, 2.45) is 0 Å². The fraction of sp³-hybridized carbons (Fsp3) is 0.231. The highest BCUT2D eigenvalue weighted by Gasteiger charge is 2.21. The van der Waals surface area contributed by atoms with Crippen molar-refractivity contribution in [2.75, 3.05) is 24.7 Å². The summed E-state index contributed by atoms with van der Waals surface area (Å²) in [6.45, 7) is 5.39. The van der Waals surface area contributed by atoms with Gasteiger partial charge in [0.15, 0.2) is 11.7 Å². The molecule has 4 aromatic rings. The predicted molar refractivity (Wildman–Crippen MR) is 132 cm³/mol. The molecule has 33 heavy (non-hydrogen) atoms. The van der Waals surface area contributed by atoms with Crippen LogP contribution in [-0.4, -0.2) is 30.7 Å². The van der Waals surface area contributed by atoms with Gasteiger partial charge in [0.1, 0.15) is 17.2 Å². The summed E-state index contributed by atoms with van der Waals surface area (Å²) in [5, 5.41) is 0.628. The molecule has 1 amide bonds. The molecular weight excluding hydrogens is 436 g/mol. The molecule has 3 aromatic carbocycles. The first-order valence-electron chi connectivity index (χ1n) is 10.9. The molecule has 0 saturated heterocycles. The fourth-order valence-electron chi connectivity index (χ4n) is 3.31. The molecule has 0 unspecified atom stereocenters. The standard InChI is InChI=1S/C26H26N2O4S/c1-3-30-20-10-12-21(13-11-20)32-18-25(29)28(17-19-8-6-5-7-9-19)26-27-23-15-14-22(31-4-2)16-24(23)33-26/h5-16H,3-4,17-18H2,1-2H3. The summed E-state index contributed by atoms with van der Waals surface area (Å²) in [4.78, 5) is 19.6. The molecule has 0 fully saturated rings. The minimum atomic E-state index is -0.170. The molecule has 0 aliphatic carbocycles. The lowest BCUT2D eigenvalue weighted by molar-refractivity contribution is -0.120. The summed E-state index contributed by atoms with van der Waals surface area (Å²) in [5.41, 5.74) is 1.85. The van der Waals surface area contributed by atoms with Gasteiger partial charge in [-0.05, 0) is 61.9 Å². The van der Waals surface area contributed by atoms with E-state index in [-0.39, 0.29) is 12.5 Å². The van der Waals surface area contributed by atoms with Crippen LogP contribution in [0.4, 0.5) is 5.13 Å². The van der Waals surface area contributed by atoms with Crippen molar-refractivity contribution in [1.82, 2.24) is 4.98 Å². The second kappa shape index (κ2) is 10.8. The quantitative estimate of drug-likeness (QED) is 0.302. The van der Waals surface area contributed by atoms with Crippen LogP contribution in [0.2, 0.25) is 0 Å². The highest BCUT2D eigenvalue weighted by Crippen LogP contribution is 2.32. The number of thiazole rings is 1. The lowest BCUT2D eigenvalue weighted by Crippen LogP contribution is -2.34. The third-order valence-electron chi connectivity index (χ3n) is 4.87. The van der Waals surface area contributed by atoms with E-state index in [1.54, 1.807) is 17.0 Å². The number of fused-ring (bicyclic) bond motifs is 1. The minimum absolute atomic E-state index is 0.0963. The smallest absolute Gasteiger partial charge is 0.267 e. The second-order valence-electron chi connectivity index (χ2n) is 7.22. The van der Waals surface area contributed by atoms with Crippen LogP contribution in [0.25, 0.3) is 10.2 Å². The van der Waals surface area contributed by atoms with Crippen molar-refractivity contribution in [2.45, 2.75) is 20.4 Å². The normalized spacial score (nSPS) is 10.7. The molecule has 0 spiro atoms. The Kier molecular flexibility index (Phi) is 7.42. The lowest BCUT2D eigenvalue weighted by Gasteiger charge is -2.20. The third-order valence-corrected chi connectivity index (χ3v) is 5.91. The number of hydrogen-bond donors (Lipinski definition) is 0. The third kappa shape index (κ3) is 5.81. The fourth-order valence-corrected chi connectivity index (χ4v) is 4.33. The van der Waals surface area contributed by atoms with E-state index < -0.39 is 0 Å². The Morgan fingerprint density at radius 1 is 0.848 bits per heavy atom. The molecular formula is C26H26N2O4S. The first-order valence-corrected chi connectivity index (χ1v) is 11.7. The molecule has 1 aromatic heterocycles. The van der Waals surface area contributed by atoms with Gasteiger partial charge >= 0.3 is 0 Å². The van der Waals surface area contributed by atoms with Gasteiger partial charge in [0.05, 0.1) is 30.0 Å². The van der Waals surface area contributed by atoms with Crippen LogP contribution < -0.4 is 19.1 Å². The molecule has 0 atom stereocenters. The van der Waals surface area contributed by atoms with Crippen LogP contribution >= 0.6 is 11.3 Å². The molecule has 4 rings (SSSR count). The first kappa shape index (κ1) is 22.6. The lowest BCUT2D eigenvalue weighted by atomic mass is 10.2. The van der Waals surface area contributed by atoms with Crippen LogP contribution in [0.1, 0.15) is 19.4 Å². The summed E-state index contributed by atoms with van der Waals surface area (Å²) in [6.07, 6.45) is 0. The number of carbonyl (C=O) groups is 1. The van der Waals surface area contributed by atoms with Crippen LogP contribution in [0, 0.1) is 0 Å². The number of benzene rings is 3. The van der Waals surface area contributed by atoms with Crippen LogP contribution in [0.3, 0.4) is 0 Å². The Bertz CT molecular complexity index is 1190. The summed E-state index contributed by atoms with van der Waals surface area (Å²) in [6, 6.07) is 22.9. The van der Waals surface area contributed by atoms with Crippen LogP contribution in [-0.2, 0) is 11.3 Å². The van der Waals surface area contributed by atoms with Gasteiger partial charge in [-0.3, -0.25) is 9.69 Å². The summed E-state index contributed by atoms with van der Waals surface area (Å²) >= 11 is 1.46. The minimum Gasteiger partial charge on any atom is -0.494 e. The number of amides is 1. The molecule has 1 heterocycles. The molecule has 170 valence electrons. The highest BCUT2D eigenvalue weighted by molar-refractivity contribution is 7.22. The number of carbonyl (C=O) groups excluding carboxylic acids is 1. The summed E-state index contributed by atoms with van der Waals surface area (Å²) in [5.74, 6) is 2.00. The molecule has 0 aliphatic heterocycles. The maximum Gasteiger partial charge on any atom is 0.267 e. The van der Waals surface area contributed by atoms with E-state index in [1.807, 2.05) is 74.5 Å². The monoisotopic (exact) mass is 462 g/mol. The van der Waals surface area contributed by atoms with Crippen LogP contribution in [0.5, 0.6) is 17.2 Å². The van der Waals surface area contributed by atoms with Gasteiger partial charge in [-0.25, -0.2) is 4.98 Å². The molecule has 0 aliphatic rings. The highest BCUT2D eigenvalue weighted by atomic mass is 32.1. The Morgan fingerprint density at radius 3 is 2.18 bits per heavy atom. The van der Waals surface area contributed by atoms with E-state index >= 15 is 0 Å². The maximum atomic E-state index is 13.3. The zero-order chi connectivity index (χ0) is 23.0. The van der Waals surface area contributed by atoms with E-state index in [4.69, 9.17) is 19.2 Å². The van der Waals surface area contributed by atoms with Gasteiger partial charge in [-0.1, -0.05) is 41.7 Å².